The first-order chi connectivity index (χ1) is 13.0. The number of hydrogen-bond donors (Lipinski definition) is 1. The molecule has 0 aromatic heterocycles. The summed E-state index contributed by atoms with van der Waals surface area (Å²) in [5.41, 5.74) is 2.02. The highest BCUT2D eigenvalue weighted by atomic mass is 32.2. The predicted molar refractivity (Wildman–Crippen MR) is 105 cm³/mol. The van der Waals surface area contributed by atoms with Crippen LogP contribution in [0.3, 0.4) is 0 Å². The first kappa shape index (κ1) is 19.4. The van der Waals surface area contributed by atoms with Gasteiger partial charge in [-0.05, 0) is 36.8 Å². The number of carbonyl (C=O) groups is 1. The fraction of sp³-hybridized carbons (Fsp3) is 0.350. The number of benzene rings is 2. The van der Waals surface area contributed by atoms with Gasteiger partial charge < -0.3 is 14.5 Å². The van der Waals surface area contributed by atoms with E-state index in [0.29, 0.717) is 37.7 Å². The lowest BCUT2D eigenvalue weighted by atomic mass is 10.2. The first-order valence-corrected chi connectivity index (χ1v) is 10.2. The third kappa shape index (κ3) is 5.08. The van der Waals surface area contributed by atoms with Gasteiger partial charge in [0.25, 0.3) is 5.91 Å². The molecule has 7 heteroatoms. The number of ether oxygens (including phenoxy) is 1. The Balaban J connectivity index is 1.49. The van der Waals surface area contributed by atoms with Gasteiger partial charge in [-0.25, -0.2) is 8.42 Å². The van der Waals surface area contributed by atoms with Gasteiger partial charge in [-0.1, -0.05) is 30.3 Å². The van der Waals surface area contributed by atoms with Crippen LogP contribution in [0.5, 0.6) is 0 Å². The number of thiol groups is 1. The number of anilines is 1. The Hall–Kier alpha value is -2.38. The quantitative estimate of drug-likeness (QED) is 0.766. The molecule has 1 heterocycles. The van der Waals surface area contributed by atoms with Gasteiger partial charge in [-0.3, -0.25) is 4.79 Å². The topological polar surface area (TPSA) is 66.9 Å². The Bertz CT molecular complexity index is 821. The minimum Gasteiger partial charge on any atom is -0.368 e. The van der Waals surface area contributed by atoms with E-state index >= 15 is 0 Å². The summed E-state index contributed by atoms with van der Waals surface area (Å²) in [6.45, 7) is 4.87. The molecule has 0 bridgehead atoms. The van der Waals surface area contributed by atoms with Gasteiger partial charge in [0.2, 0.25) is 0 Å². The minimum atomic E-state index is -2.55. The highest BCUT2D eigenvalue weighted by molar-refractivity contribution is 7.72. The lowest BCUT2D eigenvalue weighted by molar-refractivity contribution is -0.143. The lowest BCUT2D eigenvalue weighted by Gasteiger charge is -2.37. The molecular weight excluding hydrogens is 364 g/mol. The summed E-state index contributed by atoms with van der Waals surface area (Å²) in [5, 5.41) is 0. The third-order valence-corrected chi connectivity index (χ3v) is 5.43. The second-order valence-corrected chi connectivity index (χ2v) is 7.56. The summed E-state index contributed by atoms with van der Waals surface area (Å²) in [6, 6.07) is 16.6. The van der Waals surface area contributed by atoms with Crippen LogP contribution in [0.2, 0.25) is 0 Å². The molecule has 1 amide bonds. The van der Waals surface area contributed by atoms with Crippen molar-refractivity contribution in [1.29, 1.82) is 0 Å². The van der Waals surface area contributed by atoms with Crippen molar-refractivity contribution in [1.82, 2.24) is 4.90 Å². The number of piperazine rings is 1. The summed E-state index contributed by atoms with van der Waals surface area (Å²) >= 11 is 0. The van der Waals surface area contributed by atoms with E-state index in [1.165, 1.54) is 0 Å². The van der Waals surface area contributed by atoms with Crippen LogP contribution in [0, 0.1) is 0 Å². The molecule has 27 heavy (non-hydrogen) atoms. The molecule has 0 saturated carbocycles. The van der Waals surface area contributed by atoms with Gasteiger partial charge in [0.1, 0.15) is 6.10 Å². The van der Waals surface area contributed by atoms with Gasteiger partial charge in [0, 0.05) is 31.9 Å². The van der Waals surface area contributed by atoms with Crippen molar-refractivity contribution in [2.45, 2.75) is 24.5 Å². The molecule has 6 nitrogen and oxygen atoms in total. The van der Waals surface area contributed by atoms with Crippen LogP contribution in [-0.4, -0.2) is 51.5 Å². The van der Waals surface area contributed by atoms with E-state index in [-0.39, 0.29) is 5.91 Å². The number of carbonyl (C=O) groups excluding carboxylic acids is 1. The molecular formula is C20H24N2O4S. The second kappa shape index (κ2) is 9.01. The van der Waals surface area contributed by atoms with Crippen molar-refractivity contribution in [3.63, 3.8) is 0 Å². The van der Waals surface area contributed by atoms with Crippen molar-refractivity contribution in [3.05, 3.63) is 60.2 Å². The third-order valence-electron chi connectivity index (χ3n) is 4.71. The lowest BCUT2D eigenvalue weighted by Crippen LogP contribution is -2.51. The van der Waals surface area contributed by atoms with Gasteiger partial charge in [0.05, 0.1) is 11.5 Å². The standard InChI is InChI=1S/C20H24N2O4S/c1-16(26-15-17-5-3-2-4-6-17)20(23)22-13-11-21(12-14-22)18-7-9-19(10-8-18)27(24)25/h2-10,16,27H,11-15H2,1H3. The zero-order valence-corrected chi connectivity index (χ0v) is 16.2. The maximum atomic E-state index is 12.6. The van der Waals surface area contributed by atoms with Crippen molar-refractivity contribution < 1.29 is 17.9 Å². The SMILES string of the molecule is CC(OCc1ccccc1)C(=O)N1CCN(c2ccc([SH](=O)=O)cc2)CC1. The van der Waals surface area contributed by atoms with Crippen LogP contribution >= 0.6 is 0 Å². The monoisotopic (exact) mass is 388 g/mol. The molecule has 3 rings (SSSR count). The molecule has 2 aromatic rings. The van der Waals surface area contributed by atoms with Crippen molar-refractivity contribution in [2.24, 2.45) is 0 Å². The van der Waals surface area contributed by atoms with Crippen LogP contribution in [0.25, 0.3) is 0 Å². The minimum absolute atomic E-state index is 0.00396. The fourth-order valence-corrected chi connectivity index (χ4v) is 3.49. The van der Waals surface area contributed by atoms with Crippen LogP contribution in [-0.2, 0) is 26.8 Å². The van der Waals surface area contributed by atoms with Crippen molar-refractivity contribution in [3.8, 4) is 0 Å². The molecule has 0 N–H and O–H groups in total. The van der Waals surface area contributed by atoms with Gasteiger partial charge in [-0.15, -0.1) is 0 Å². The summed E-state index contributed by atoms with van der Waals surface area (Å²) in [4.78, 5) is 16.9. The molecule has 1 unspecified atom stereocenters. The molecule has 1 aliphatic rings. The molecule has 1 aliphatic heterocycles. The van der Waals surface area contributed by atoms with E-state index in [4.69, 9.17) is 4.74 Å². The smallest absolute Gasteiger partial charge is 0.251 e. The van der Waals surface area contributed by atoms with E-state index < -0.39 is 16.8 Å². The highest BCUT2D eigenvalue weighted by Crippen LogP contribution is 2.18. The van der Waals surface area contributed by atoms with Crippen LogP contribution in [0.1, 0.15) is 12.5 Å². The highest BCUT2D eigenvalue weighted by Gasteiger charge is 2.25. The summed E-state index contributed by atoms with van der Waals surface area (Å²) in [7, 11) is -2.55. The van der Waals surface area contributed by atoms with Crippen molar-refractivity contribution in [2.75, 3.05) is 31.1 Å². The number of hydrogen-bond acceptors (Lipinski definition) is 5. The maximum Gasteiger partial charge on any atom is 0.251 e. The van der Waals surface area contributed by atoms with E-state index in [0.717, 1.165) is 11.3 Å². The number of rotatable bonds is 6. The summed E-state index contributed by atoms with van der Waals surface area (Å²) < 4.78 is 27.7. The van der Waals surface area contributed by atoms with Gasteiger partial charge in [0.15, 0.2) is 10.7 Å². The first-order valence-electron chi connectivity index (χ1n) is 8.98. The number of nitrogens with zero attached hydrogens (tertiary/aromatic N) is 2. The fourth-order valence-electron chi connectivity index (χ4n) is 3.09. The molecule has 1 fully saturated rings. The average molecular weight is 388 g/mol. The normalized spacial score (nSPS) is 15.8. The van der Waals surface area contributed by atoms with Gasteiger partial charge in [-0.2, -0.15) is 0 Å². The average Bonchev–Trinajstić information content (AvgIpc) is 2.72. The van der Waals surface area contributed by atoms with E-state index in [9.17, 15) is 13.2 Å². The Morgan fingerprint density at radius 3 is 2.22 bits per heavy atom. The maximum absolute atomic E-state index is 12.6. The number of amides is 1. The zero-order chi connectivity index (χ0) is 19.2. The molecule has 0 aliphatic carbocycles. The second-order valence-electron chi connectivity index (χ2n) is 6.52. The molecule has 1 saturated heterocycles. The Morgan fingerprint density at radius 2 is 1.63 bits per heavy atom. The Morgan fingerprint density at radius 1 is 1.00 bits per heavy atom. The van der Waals surface area contributed by atoms with E-state index in [1.54, 1.807) is 19.1 Å². The van der Waals surface area contributed by atoms with Gasteiger partial charge >= 0.3 is 0 Å². The zero-order valence-electron chi connectivity index (χ0n) is 15.3. The van der Waals surface area contributed by atoms with Crippen LogP contribution in [0.4, 0.5) is 5.69 Å². The molecule has 144 valence electrons. The largest absolute Gasteiger partial charge is 0.368 e. The predicted octanol–water partition coefficient (Wildman–Crippen LogP) is 1.91. The molecule has 0 radical (unpaired) electrons. The summed E-state index contributed by atoms with van der Waals surface area (Å²) in [6.07, 6.45) is -0.482. The molecule has 1 atom stereocenters. The Labute approximate surface area is 161 Å². The molecule has 2 aromatic carbocycles. The van der Waals surface area contributed by atoms with Crippen LogP contribution in [0.15, 0.2) is 59.5 Å². The van der Waals surface area contributed by atoms with E-state index in [2.05, 4.69) is 4.90 Å². The van der Waals surface area contributed by atoms with Crippen molar-refractivity contribution >= 4 is 22.3 Å². The summed E-state index contributed by atoms with van der Waals surface area (Å²) in [5.74, 6) is 0.00396. The Kier molecular flexibility index (Phi) is 6.47. The van der Waals surface area contributed by atoms with Crippen LogP contribution < -0.4 is 4.90 Å². The molecule has 0 spiro atoms. The van der Waals surface area contributed by atoms with E-state index in [1.807, 2.05) is 47.4 Å².